The van der Waals surface area contributed by atoms with Crippen LogP contribution in [0.4, 0.5) is 0 Å². The van der Waals surface area contributed by atoms with E-state index in [-0.39, 0.29) is 5.60 Å². The van der Waals surface area contributed by atoms with Crippen molar-refractivity contribution in [2.75, 3.05) is 4.43 Å². The van der Waals surface area contributed by atoms with Crippen LogP contribution in [0.2, 0.25) is 0 Å². The third-order valence-electron chi connectivity index (χ3n) is 12.5. The predicted octanol–water partition coefficient (Wildman–Crippen LogP) is 9.46. The van der Waals surface area contributed by atoms with Crippen LogP contribution in [0.3, 0.4) is 0 Å². The van der Waals surface area contributed by atoms with Gasteiger partial charge in [-0.25, -0.2) is 0 Å². The molecule has 0 unspecified atom stereocenters. The lowest BCUT2D eigenvalue weighted by atomic mass is 9.43. The van der Waals surface area contributed by atoms with E-state index in [0.29, 0.717) is 16.9 Å². The molecular formula is C31H53IO. The number of halogens is 1. The van der Waals surface area contributed by atoms with Gasteiger partial charge >= 0.3 is 0 Å². The van der Waals surface area contributed by atoms with Crippen molar-refractivity contribution in [3.63, 3.8) is 0 Å². The quantitative estimate of drug-likeness (QED) is 0.229. The van der Waals surface area contributed by atoms with Gasteiger partial charge in [-0.15, -0.1) is 0 Å². The summed E-state index contributed by atoms with van der Waals surface area (Å²) in [5.41, 5.74) is 1.50. The number of hydrogen-bond acceptors (Lipinski definition) is 1. The average Bonchev–Trinajstić information content (AvgIpc) is 3.35. The molecule has 0 radical (unpaired) electrons. The van der Waals surface area contributed by atoms with Crippen molar-refractivity contribution in [1.82, 2.24) is 0 Å². The molecule has 0 amide bonds. The molecule has 2 heteroatoms. The van der Waals surface area contributed by atoms with Crippen LogP contribution in [-0.2, 0) is 4.74 Å². The first-order valence-electron chi connectivity index (χ1n) is 14.9. The molecule has 4 saturated carbocycles. The van der Waals surface area contributed by atoms with Crippen LogP contribution < -0.4 is 0 Å². The van der Waals surface area contributed by atoms with Crippen LogP contribution in [0.15, 0.2) is 0 Å². The zero-order chi connectivity index (χ0) is 23.4. The van der Waals surface area contributed by atoms with Crippen molar-refractivity contribution >= 4 is 22.6 Å². The molecule has 0 aromatic carbocycles. The molecule has 0 bridgehead atoms. The lowest BCUT2D eigenvalue weighted by Gasteiger charge is -2.62. The van der Waals surface area contributed by atoms with Crippen molar-refractivity contribution in [3.05, 3.63) is 0 Å². The van der Waals surface area contributed by atoms with Gasteiger partial charge in [-0.3, -0.25) is 0 Å². The molecule has 10 atom stereocenters. The first-order chi connectivity index (χ1) is 15.7. The van der Waals surface area contributed by atoms with Crippen LogP contribution in [0.25, 0.3) is 0 Å². The van der Waals surface area contributed by atoms with Gasteiger partial charge in [-0.1, -0.05) is 76.5 Å². The van der Waals surface area contributed by atoms with Crippen molar-refractivity contribution in [2.24, 2.45) is 52.3 Å². The van der Waals surface area contributed by atoms with Gasteiger partial charge in [0.15, 0.2) is 0 Å². The molecule has 1 nitrogen and oxygen atoms in total. The fourth-order valence-corrected chi connectivity index (χ4v) is 11.3. The highest BCUT2D eigenvalue weighted by Gasteiger charge is 2.62. The number of alkyl halides is 1. The van der Waals surface area contributed by atoms with Crippen LogP contribution in [0.1, 0.15) is 125 Å². The van der Waals surface area contributed by atoms with E-state index in [1.807, 2.05) is 0 Å². The summed E-state index contributed by atoms with van der Waals surface area (Å²) < 4.78 is 7.92. The highest BCUT2D eigenvalue weighted by atomic mass is 127. The van der Waals surface area contributed by atoms with E-state index < -0.39 is 0 Å². The lowest BCUT2D eigenvalue weighted by Crippen LogP contribution is -2.56. The standard InChI is InChI=1S/C31H53IO/c1-21(2)7-6-8-22(3)26-11-12-27-25-10-9-23-19-31(16-13-24(20-32)33-31)18-17-29(23,4)28(25)14-15-30(26,27)5/h21-28H,6-20H2,1-5H3/t22-,23+,24+,25+,26-,27+,28+,29+,30-,31+/m1/s1. The molecular weight excluding hydrogens is 515 g/mol. The fourth-order valence-electron chi connectivity index (χ4n) is 10.7. The maximum absolute atomic E-state index is 6.73. The van der Waals surface area contributed by atoms with E-state index >= 15 is 0 Å². The Kier molecular flexibility index (Phi) is 7.32. The third-order valence-corrected chi connectivity index (χ3v) is 13.5. The first-order valence-corrected chi connectivity index (χ1v) is 16.5. The Hall–Kier alpha value is 0.690. The molecule has 5 aliphatic rings. The van der Waals surface area contributed by atoms with E-state index in [4.69, 9.17) is 4.74 Å². The van der Waals surface area contributed by atoms with Gasteiger partial charge in [0.1, 0.15) is 0 Å². The van der Waals surface area contributed by atoms with Crippen LogP contribution in [0.5, 0.6) is 0 Å². The van der Waals surface area contributed by atoms with Gasteiger partial charge in [0.05, 0.1) is 11.7 Å². The van der Waals surface area contributed by atoms with Crippen molar-refractivity contribution in [3.8, 4) is 0 Å². The van der Waals surface area contributed by atoms with Crippen LogP contribution >= 0.6 is 22.6 Å². The van der Waals surface area contributed by atoms with Gasteiger partial charge < -0.3 is 4.74 Å². The normalized spacial score (nSPS) is 50.3. The van der Waals surface area contributed by atoms with Gasteiger partial charge in [0.25, 0.3) is 0 Å². The largest absolute Gasteiger partial charge is 0.371 e. The second-order valence-corrected chi connectivity index (χ2v) is 15.4. The molecule has 1 spiro atoms. The summed E-state index contributed by atoms with van der Waals surface area (Å²) in [5.74, 6) is 6.77. The summed E-state index contributed by atoms with van der Waals surface area (Å²) in [6, 6.07) is 0. The number of fused-ring (bicyclic) bond motifs is 5. The van der Waals surface area contributed by atoms with Gasteiger partial charge in [0.2, 0.25) is 0 Å². The first kappa shape index (κ1) is 25.3. The molecule has 33 heavy (non-hydrogen) atoms. The molecule has 1 saturated heterocycles. The van der Waals surface area contributed by atoms with Gasteiger partial charge in [0, 0.05) is 4.43 Å². The number of rotatable bonds is 6. The zero-order valence-electron chi connectivity index (χ0n) is 22.5. The minimum Gasteiger partial charge on any atom is -0.371 e. The van der Waals surface area contributed by atoms with E-state index in [2.05, 4.69) is 57.2 Å². The van der Waals surface area contributed by atoms with Crippen LogP contribution in [-0.4, -0.2) is 16.1 Å². The van der Waals surface area contributed by atoms with Crippen molar-refractivity contribution < 1.29 is 4.74 Å². The maximum Gasteiger partial charge on any atom is 0.0690 e. The second-order valence-electron chi connectivity index (χ2n) is 14.5. The molecule has 4 aliphatic carbocycles. The number of ether oxygens (including phenoxy) is 1. The van der Waals surface area contributed by atoms with E-state index in [0.717, 1.165) is 41.4 Å². The van der Waals surface area contributed by atoms with Crippen molar-refractivity contribution in [1.29, 1.82) is 0 Å². The Morgan fingerprint density at radius 1 is 0.818 bits per heavy atom. The SMILES string of the molecule is CC(C)CCC[C@@H](C)[C@H]1CC[C@H]2[C@@H]3CC[C@H]4C[C@]5(CC[C@@H](CI)O5)CC[C@]4(C)[C@H]3CC[C@]12C. The lowest BCUT2D eigenvalue weighted by molar-refractivity contribution is -0.162. The van der Waals surface area contributed by atoms with E-state index in [1.165, 1.54) is 87.9 Å². The summed E-state index contributed by atoms with van der Waals surface area (Å²) >= 11 is 2.54. The summed E-state index contributed by atoms with van der Waals surface area (Å²) in [6.45, 7) is 12.9. The molecule has 1 aliphatic heterocycles. The van der Waals surface area contributed by atoms with E-state index in [9.17, 15) is 0 Å². The highest BCUT2D eigenvalue weighted by Crippen LogP contribution is 2.69. The predicted molar refractivity (Wildman–Crippen MR) is 149 cm³/mol. The molecule has 0 aromatic rings. The Bertz CT molecular complexity index is 690. The molecule has 0 N–H and O–H groups in total. The summed E-state index contributed by atoms with van der Waals surface area (Å²) in [7, 11) is 0. The Morgan fingerprint density at radius 2 is 1.61 bits per heavy atom. The Labute approximate surface area is 219 Å². The topological polar surface area (TPSA) is 9.23 Å². The molecule has 0 aromatic heterocycles. The smallest absolute Gasteiger partial charge is 0.0690 e. The highest BCUT2D eigenvalue weighted by molar-refractivity contribution is 14.1. The molecule has 1 heterocycles. The molecule has 190 valence electrons. The zero-order valence-corrected chi connectivity index (χ0v) is 24.7. The minimum atomic E-state index is 0.264. The van der Waals surface area contributed by atoms with Gasteiger partial charge in [-0.2, -0.15) is 0 Å². The minimum absolute atomic E-state index is 0.264. The molecule has 5 fully saturated rings. The summed E-state index contributed by atoms with van der Waals surface area (Å²) in [4.78, 5) is 0. The van der Waals surface area contributed by atoms with Gasteiger partial charge in [-0.05, 0) is 123 Å². The average molecular weight is 569 g/mol. The monoisotopic (exact) mass is 568 g/mol. The van der Waals surface area contributed by atoms with Crippen LogP contribution in [0, 0.1) is 52.3 Å². The number of hydrogen-bond donors (Lipinski definition) is 0. The van der Waals surface area contributed by atoms with E-state index in [1.54, 1.807) is 6.42 Å². The maximum atomic E-state index is 6.73. The van der Waals surface area contributed by atoms with Crippen molar-refractivity contribution in [2.45, 2.75) is 136 Å². The summed E-state index contributed by atoms with van der Waals surface area (Å²) in [5, 5.41) is 0. The third kappa shape index (κ3) is 4.40. The summed E-state index contributed by atoms with van der Waals surface area (Å²) in [6.07, 6.45) is 20.9. The Morgan fingerprint density at radius 3 is 2.33 bits per heavy atom. The fraction of sp³-hybridized carbons (Fsp3) is 1.00. The Balaban J connectivity index is 1.26. The second kappa shape index (κ2) is 9.53. The molecule has 5 rings (SSSR count).